The van der Waals surface area contributed by atoms with E-state index in [0.717, 1.165) is 24.3 Å². The van der Waals surface area contributed by atoms with Crippen LogP contribution >= 0.6 is 0 Å². The van der Waals surface area contributed by atoms with E-state index in [1.54, 1.807) is 6.20 Å². The lowest BCUT2D eigenvalue weighted by atomic mass is 10.3. The van der Waals surface area contributed by atoms with Gasteiger partial charge in [-0.15, -0.1) is 10.2 Å². The molecule has 0 aliphatic rings. The zero-order valence-electron chi connectivity index (χ0n) is 6.83. The van der Waals surface area contributed by atoms with Gasteiger partial charge in [0.1, 0.15) is 0 Å². The zero-order valence-corrected chi connectivity index (χ0v) is 6.83. The van der Waals surface area contributed by atoms with Crippen LogP contribution in [0.4, 0.5) is 5.82 Å². The molecule has 0 aromatic carbocycles. The molecule has 1 aromatic heterocycles. The second kappa shape index (κ2) is 3.85. The summed E-state index contributed by atoms with van der Waals surface area (Å²) in [6, 6.07) is 0. The van der Waals surface area contributed by atoms with Gasteiger partial charge >= 0.3 is 0 Å². The van der Waals surface area contributed by atoms with Gasteiger partial charge in [0.2, 0.25) is 0 Å². The lowest BCUT2D eigenvalue weighted by molar-refractivity contribution is 0.844. The minimum atomic E-state index is 0.835. The quantitative estimate of drug-likeness (QED) is 0.702. The summed E-state index contributed by atoms with van der Waals surface area (Å²) in [4.78, 5) is 0. The zero-order chi connectivity index (χ0) is 8.10. The number of hydrogen-bond acceptors (Lipinski definition) is 4. The molecule has 1 heterocycles. The van der Waals surface area contributed by atoms with Crippen LogP contribution in [0.5, 0.6) is 0 Å². The molecule has 0 bridgehead atoms. The van der Waals surface area contributed by atoms with Gasteiger partial charge in [-0.25, -0.2) is 0 Å². The lowest BCUT2D eigenvalue weighted by Crippen LogP contribution is -2.05. The first-order chi connectivity index (χ1) is 5.34. The molecule has 60 valence electrons. The molecule has 4 nitrogen and oxygen atoms in total. The molecule has 1 rings (SSSR count). The van der Waals surface area contributed by atoms with Crippen molar-refractivity contribution < 1.29 is 0 Å². The van der Waals surface area contributed by atoms with Crippen LogP contribution in [0.3, 0.4) is 0 Å². The van der Waals surface area contributed by atoms with E-state index in [-0.39, 0.29) is 0 Å². The molecule has 0 atom stereocenters. The average molecular weight is 152 g/mol. The van der Waals surface area contributed by atoms with E-state index in [0.29, 0.717) is 0 Å². The highest BCUT2D eigenvalue weighted by atomic mass is 15.3. The van der Waals surface area contributed by atoms with E-state index in [9.17, 15) is 0 Å². The Morgan fingerprint density at radius 2 is 2.36 bits per heavy atom. The maximum absolute atomic E-state index is 3.84. The van der Waals surface area contributed by atoms with E-state index in [4.69, 9.17) is 0 Å². The van der Waals surface area contributed by atoms with Crippen LogP contribution in [0.1, 0.15) is 18.9 Å². The third kappa shape index (κ3) is 2.14. The first-order valence-corrected chi connectivity index (χ1v) is 3.73. The minimum absolute atomic E-state index is 0.835. The van der Waals surface area contributed by atoms with Crippen LogP contribution in [-0.2, 0) is 0 Å². The molecule has 0 spiro atoms. The molecule has 0 saturated carbocycles. The topological polar surface area (TPSA) is 50.7 Å². The van der Waals surface area contributed by atoms with Gasteiger partial charge in [-0.1, -0.05) is 6.92 Å². The van der Waals surface area contributed by atoms with E-state index in [2.05, 4.69) is 27.7 Å². The molecule has 0 aliphatic carbocycles. The van der Waals surface area contributed by atoms with Gasteiger partial charge in [-0.2, -0.15) is 0 Å². The van der Waals surface area contributed by atoms with Crippen LogP contribution < -0.4 is 5.32 Å². The Bertz CT molecular complexity index is 223. The highest BCUT2D eigenvalue weighted by Crippen LogP contribution is 2.05. The molecule has 0 saturated heterocycles. The highest BCUT2D eigenvalue weighted by Gasteiger charge is 1.96. The second-order valence-electron chi connectivity index (χ2n) is 2.39. The smallest absolute Gasteiger partial charge is 0.154 e. The Labute approximate surface area is 66.0 Å². The third-order valence-corrected chi connectivity index (χ3v) is 1.36. The number of rotatable bonds is 3. The van der Waals surface area contributed by atoms with Crippen molar-refractivity contribution in [2.45, 2.75) is 20.3 Å². The number of nitrogens with zero attached hydrogens (tertiary/aromatic N) is 3. The van der Waals surface area contributed by atoms with E-state index < -0.39 is 0 Å². The molecule has 0 radical (unpaired) electrons. The van der Waals surface area contributed by atoms with E-state index >= 15 is 0 Å². The molecule has 0 amide bonds. The normalized spacial score (nSPS) is 9.64. The summed E-state index contributed by atoms with van der Waals surface area (Å²) in [6.45, 7) is 5.00. The van der Waals surface area contributed by atoms with E-state index in [1.807, 2.05) is 6.92 Å². The molecule has 4 heteroatoms. The van der Waals surface area contributed by atoms with Crippen molar-refractivity contribution in [2.75, 3.05) is 11.9 Å². The fourth-order valence-electron chi connectivity index (χ4n) is 0.741. The Morgan fingerprint density at radius 3 is 3.00 bits per heavy atom. The van der Waals surface area contributed by atoms with Gasteiger partial charge in [0.05, 0.1) is 6.20 Å². The number of hydrogen-bond donors (Lipinski definition) is 1. The maximum Gasteiger partial charge on any atom is 0.154 e. The Kier molecular flexibility index (Phi) is 2.77. The average Bonchev–Trinajstić information content (AvgIpc) is 2.03. The number of aromatic nitrogens is 3. The molecular weight excluding hydrogens is 140 g/mol. The maximum atomic E-state index is 3.84. The SMILES string of the molecule is CCCNc1nnncc1C. The van der Waals surface area contributed by atoms with Crippen molar-refractivity contribution in [3.8, 4) is 0 Å². The Balaban J connectivity index is 2.62. The van der Waals surface area contributed by atoms with Crippen molar-refractivity contribution in [1.29, 1.82) is 0 Å². The van der Waals surface area contributed by atoms with Crippen molar-refractivity contribution >= 4 is 5.82 Å². The minimum Gasteiger partial charge on any atom is -0.368 e. The summed E-state index contributed by atoms with van der Waals surface area (Å²) < 4.78 is 0. The van der Waals surface area contributed by atoms with Crippen molar-refractivity contribution in [1.82, 2.24) is 15.4 Å². The Morgan fingerprint density at radius 1 is 1.55 bits per heavy atom. The van der Waals surface area contributed by atoms with Crippen LogP contribution in [0.15, 0.2) is 6.20 Å². The van der Waals surface area contributed by atoms with E-state index in [1.165, 1.54) is 0 Å². The summed E-state index contributed by atoms with van der Waals surface area (Å²) in [5.74, 6) is 0.835. The lowest BCUT2D eigenvalue weighted by Gasteiger charge is -2.03. The van der Waals surface area contributed by atoms with Crippen LogP contribution in [-0.4, -0.2) is 22.0 Å². The second-order valence-corrected chi connectivity index (χ2v) is 2.39. The molecule has 1 N–H and O–H groups in total. The largest absolute Gasteiger partial charge is 0.368 e. The number of anilines is 1. The standard InChI is InChI=1S/C7H12N4/c1-3-4-8-7-6(2)5-9-11-10-7/h5H,3-4H2,1-2H3,(H,8,9,10). The predicted octanol–water partition coefficient (Wildman–Crippen LogP) is 1.00. The summed E-state index contributed by atoms with van der Waals surface area (Å²) in [5, 5.41) is 14.2. The van der Waals surface area contributed by atoms with Crippen LogP contribution in [0.25, 0.3) is 0 Å². The highest BCUT2D eigenvalue weighted by molar-refractivity contribution is 5.39. The number of nitrogens with one attached hydrogen (secondary N) is 1. The molecule has 1 aromatic rings. The molecule has 11 heavy (non-hydrogen) atoms. The van der Waals surface area contributed by atoms with Gasteiger partial charge in [0.15, 0.2) is 5.82 Å². The molecule has 0 unspecified atom stereocenters. The molecular formula is C7H12N4. The summed E-state index contributed by atoms with van der Waals surface area (Å²) >= 11 is 0. The third-order valence-electron chi connectivity index (χ3n) is 1.36. The summed E-state index contributed by atoms with van der Waals surface area (Å²) in [5.41, 5.74) is 1.04. The van der Waals surface area contributed by atoms with Crippen molar-refractivity contribution in [3.63, 3.8) is 0 Å². The van der Waals surface area contributed by atoms with Gasteiger partial charge in [0, 0.05) is 12.1 Å². The fourth-order valence-corrected chi connectivity index (χ4v) is 0.741. The van der Waals surface area contributed by atoms with Gasteiger partial charge in [0.25, 0.3) is 0 Å². The summed E-state index contributed by atoms with van der Waals surface area (Å²) in [6.07, 6.45) is 2.79. The van der Waals surface area contributed by atoms with Crippen molar-refractivity contribution in [2.24, 2.45) is 0 Å². The van der Waals surface area contributed by atoms with Gasteiger partial charge in [-0.3, -0.25) is 0 Å². The van der Waals surface area contributed by atoms with Crippen molar-refractivity contribution in [3.05, 3.63) is 11.8 Å². The summed E-state index contributed by atoms with van der Waals surface area (Å²) in [7, 11) is 0. The first-order valence-electron chi connectivity index (χ1n) is 3.73. The fraction of sp³-hybridized carbons (Fsp3) is 0.571. The van der Waals surface area contributed by atoms with Crippen LogP contribution in [0, 0.1) is 6.92 Å². The van der Waals surface area contributed by atoms with Gasteiger partial charge in [-0.05, 0) is 18.6 Å². The predicted molar refractivity (Wildman–Crippen MR) is 43.3 cm³/mol. The Hall–Kier alpha value is -1.19. The molecule has 0 aliphatic heterocycles. The van der Waals surface area contributed by atoms with Gasteiger partial charge < -0.3 is 5.32 Å². The first kappa shape index (κ1) is 7.91. The van der Waals surface area contributed by atoms with Crippen LogP contribution in [0.2, 0.25) is 0 Å². The molecule has 0 fully saturated rings. The number of aryl methyl sites for hydroxylation is 1. The monoisotopic (exact) mass is 152 g/mol.